The molecule has 7 nitrogen and oxygen atoms in total. The van der Waals surface area contributed by atoms with Crippen molar-refractivity contribution in [2.24, 2.45) is 0 Å². The fourth-order valence-electron chi connectivity index (χ4n) is 2.82. The second-order valence-corrected chi connectivity index (χ2v) is 6.55. The Hall–Kier alpha value is -3.45. The minimum Gasteiger partial charge on any atom is -0.422 e. The number of nitrogens with one attached hydrogen (secondary N) is 1. The van der Waals surface area contributed by atoms with Crippen LogP contribution < -0.4 is 10.9 Å². The molecule has 4 rings (SSSR count). The van der Waals surface area contributed by atoms with Gasteiger partial charge in [-0.1, -0.05) is 53.2 Å². The van der Waals surface area contributed by atoms with Gasteiger partial charge >= 0.3 is 5.63 Å². The number of carbonyl (C=O) groups is 1. The standard InChI is InChI=1S/C20H15ClN4O3/c21-17-7-3-1-6-14(17)12-25-15(11-23-24-25)10-22-19(26)16-9-13-5-2-4-8-18(13)28-20(16)27/h1-9,11H,10,12H2,(H,22,26). The number of fused-ring (bicyclic) bond motifs is 1. The molecule has 1 N–H and O–H groups in total. The number of aromatic nitrogens is 3. The van der Waals surface area contributed by atoms with E-state index in [2.05, 4.69) is 15.6 Å². The third kappa shape index (κ3) is 3.65. The molecule has 28 heavy (non-hydrogen) atoms. The van der Waals surface area contributed by atoms with E-state index in [1.165, 1.54) is 6.07 Å². The first-order valence-electron chi connectivity index (χ1n) is 8.53. The Labute approximate surface area is 164 Å². The lowest BCUT2D eigenvalue weighted by Crippen LogP contribution is -2.28. The third-order valence-electron chi connectivity index (χ3n) is 4.29. The summed E-state index contributed by atoms with van der Waals surface area (Å²) in [5.74, 6) is -0.523. The van der Waals surface area contributed by atoms with Gasteiger partial charge in [0.05, 0.1) is 25.0 Å². The predicted octanol–water partition coefficient (Wildman–Crippen LogP) is 3.02. The zero-order chi connectivity index (χ0) is 19.5. The second kappa shape index (κ2) is 7.66. The SMILES string of the molecule is O=C(NCc1cnnn1Cc1ccccc1Cl)c1cc2ccccc2oc1=O. The van der Waals surface area contributed by atoms with Crippen LogP contribution in [0.3, 0.4) is 0 Å². The molecular weight excluding hydrogens is 380 g/mol. The van der Waals surface area contributed by atoms with Gasteiger partial charge in [-0.15, -0.1) is 5.10 Å². The van der Waals surface area contributed by atoms with Gasteiger partial charge in [-0.3, -0.25) is 4.79 Å². The molecule has 0 saturated heterocycles. The number of halogens is 1. The van der Waals surface area contributed by atoms with Crippen molar-refractivity contribution in [2.45, 2.75) is 13.1 Å². The number of amides is 1. The van der Waals surface area contributed by atoms with E-state index in [9.17, 15) is 9.59 Å². The number of nitrogens with zero attached hydrogens (tertiary/aromatic N) is 3. The summed E-state index contributed by atoms with van der Waals surface area (Å²) in [6.07, 6.45) is 1.56. The van der Waals surface area contributed by atoms with E-state index >= 15 is 0 Å². The first-order valence-corrected chi connectivity index (χ1v) is 8.91. The van der Waals surface area contributed by atoms with Crippen LogP contribution in [0.4, 0.5) is 0 Å². The summed E-state index contributed by atoms with van der Waals surface area (Å²) in [6.45, 7) is 0.575. The smallest absolute Gasteiger partial charge is 0.349 e. The third-order valence-corrected chi connectivity index (χ3v) is 4.66. The van der Waals surface area contributed by atoms with Crippen LogP contribution in [-0.4, -0.2) is 20.9 Å². The minimum absolute atomic E-state index is 0.0520. The van der Waals surface area contributed by atoms with Crippen molar-refractivity contribution in [2.75, 3.05) is 0 Å². The van der Waals surface area contributed by atoms with Gasteiger partial charge < -0.3 is 9.73 Å². The lowest BCUT2D eigenvalue weighted by molar-refractivity contribution is 0.0946. The zero-order valence-corrected chi connectivity index (χ0v) is 15.4. The summed E-state index contributed by atoms with van der Waals surface area (Å²) < 4.78 is 6.85. The van der Waals surface area contributed by atoms with Gasteiger partial charge in [0, 0.05) is 10.4 Å². The van der Waals surface area contributed by atoms with Crippen molar-refractivity contribution in [3.63, 3.8) is 0 Å². The Bertz CT molecular complexity index is 1220. The Morgan fingerprint density at radius 1 is 1.14 bits per heavy atom. The van der Waals surface area contributed by atoms with E-state index in [0.29, 0.717) is 28.2 Å². The van der Waals surface area contributed by atoms with Crippen molar-refractivity contribution >= 4 is 28.5 Å². The molecule has 0 aliphatic rings. The van der Waals surface area contributed by atoms with E-state index in [4.69, 9.17) is 16.0 Å². The van der Waals surface area contributed by atoms with E-state index in [-0.39, 0.29) is 12.1 Å². The Kier molecular flexibility index (Phi) is 4.90. The van der Waals surface area contributed by atoms with Gasteiger partial charge in [0.2, 0.25) is 0 Å². The summed E-state index contributed by atoms with van der Waals surface area (Å²) in [6, 6.07) is 16.0. The normalized spacial score (nSPS) is 10.9. The number of rotatable bonds is 5. The number of carbonyl (C=O) groups excluding carboxylic acids is 1. The van der Waals surface area contributed by atoms with Gasteiger partial charge in [-0.25, -0.2) is 9.48 Å². The largest absolute Gasteiger partial charge is 0.422 e. The average Bonchev–Trinajstić information content (AvgIpc) is 3.14. The maximum atomic E-state index is 12.5. The highest BCUT2D eigenvalue weighted by Crippen LogP contribution is 2.16. The molecule has 0 aliphatic carbocycles. The molecule has 0 radical (unpaired) electrons. The predicted molar refractivity (Wildman–Crippen MR) is 104 cm³/mol. The summed E-state index contributed by atoms with van der Waals surface area (Å²) in [7, 11) is 0. The maximum Gasteiger partial charge on any atom is 0.349 e. The highest BCUT2D eigenvalue weighted by atomic mass is 35.5. The minimum atomic E-state index is -0.682. The Morgan fingerprint density at radius 3 is 2.79 bits per heavy atom. The Balaban J connectivity index is 1.51. The molecule has 8 heteroatoms. The molecular formula is C20H15ClN4O3. The molecule has 0 bridgehead atoms. The lowest BCUT2D eigenvalue weighted by atomic mass is 10.2. The van der Waals surface area contributed by atoms with Crippen molar-refractivity contribution in [3.05, 3.63) is 93.1 Å². The van der Waals surface area contributed by atoms with Gasteiger partial charge in [0.1, 0.15) is 11.1 Å². The monoisotopic (exact) mass is 394 g/mol. The molecule has 2 aromatic heterocycles. The van der Waals surface area contributed by atoms with E-state index in [1.807, 2.05) is 24.3 Å². The summed E-state index contributed by atoms with van der Waals surface area (Å²) in [4.78, 5) is 24.6. The van der Waals surface area contributed by atoms with Crippen LogP contribution in [0.2, 0.25) is 5.02 Å². The molecule has 2 aromatic carbocycles. The molecule has 2 heterocycles. The van der Waals surface area contributed by atoms with Crippen LogP contribution in [0.5, 0.6) is 0 Å². The van der Waals surface area contributed by atoms with Gasteiger partial charge in [-0.2, -0.15) is 0 Å². The van der Waals surface area contributed by atoms with Crippen LogP contribution in [0.15, 0.2) is 70.0 Å². The summed E-state index contributed by atoms with van der Waals surface area (Å²) in [5, 5.41) is 12.0. The summed E-state index contributed by atoms with van der Waals surface area (Å²) >= 11 is 6.19. The van der Waals surface area contributed by atoms with Crippen molar-refractivity contribution in [1.82, 2.24) is 20.3 Å². The van der Waals surface area contributed by atoms with E-state index in [1.54, 1.807) is 35.1 Å². The first-order chi connectivity index (χ1) is 13.6. The highest BCUT2D eigenvalue weighted by Gasteiger charge is 2.15. The van der Waals surface area contributed by atoms with Crippen molar-refractivity contribution in [1.29, 1.82) is 0 Å². The number of para-hydroxylation sites is 1. The van der Waals surface area contributed by atoms with Crippen molar-refractivity contribution < 1.29 is 9.21 Å². The molecule has 0 aliphatic heterocycles. The van der Waals surface area contributed by atoms with Crippen LogP contribution in [0.1, 0.15) is 21.6 Å². The second-order valence-electron chi connectivity index (χ2n) is 6.14. The molecule has 1 amide bonds. The van der Waals surface area contributed by atoms with Crippen LogP contribution in [0.25, 0.3) is 11.0 Å². The van der Waals surface area contributed by atoms with E-state index in [0.717, 1.165) is 5.56 Å². The zero-order valence-electron chi connectivity index (χ0n) is 14.6. The van der Waals surface area contributed by atoms with Crippen LogP contribution in [-0.2, 0) is 13.1 Å². The molecule has 4 aromatic rings. The number of hydrogen-bond donors (Lipinski definition) is 1. The fraction of sp³-hybridized carbons (Fsp3) is 0.100. The average molecular weight is 395 g/mol. The molecule has 0 fully saturated rings. The van der Waals surface area contributed by atoms with Crippen molar-refractivity contribution in [3.8, 4) is 0 Å². The fourth-order valence-corrected chi connectivity index (χ4v) is 3.02. The molecule has 0 unspecified atom stereocenters. The topological polar surface area (TPSA) is 90.0 Å². The maximum absolute atomic E-state index is 12.5. The van der Waals surface area contributed by atoms with Crippen LogP contribution >= 0.6 is 11.6 Å². The quantitative estimate of drug-likeness (QED) is 0.525. The molecule has 0 saturated carbocycles. The summed E-state index contributed by atoms with van der Waals surface area (Å²) in [5.41, 5.74) is 1.27. The lowest BCUT2D eigenvalue weighted by Gasteiger charge is -2.09. The van der Waals surface area contributed by atoms with Crippen LogP contribution in [0, 0.1) is 0 Å². The van der Waals surface area contributed by atoms with E-state index < -0.39 is 11.5 Å². The number of hydrogen-bond acceptors (Lipinski definition) is 5. The molecule has 140 valence electrons. The van der Waals surface area contributed by atoms with Gasteiger partial charge in [0.15, 0.2) is 0 Å². The van der Waals surface area contributed by atoms with Gasteiger partial charge in [-0.05, 0) is 23.8 Å². The number of benzene rings is 2. The first kappa shape index (κ1) is 17.9. The molecule has 0 spiro atoms. The Morgan fingerprint density at radius 2 is 1.93 bits per heavy atom. The molecule has 0 atom stereocenters. The van der Waals surface area contributed by atoms with Gasteiger partial charge in [0.25, 0.3) is 5.91 Å². The highest BCUT2D eigenvalue weighted by molar-refractivity contribution is 6.31.